The number of hydrogen-bond donors (Lipinski definition) is 2. The third-order valence-corrected chi connectivity index (χ3v) is 6.80. The largest absolute Gasteiger partial charge is 0.374 e. The van der Waals surface area contributed by atoms with Gasteiger partial charge in [-0.15, -0.1) is 0 Å². The maximum Gasteiger partial charge on any atom is 0.150 e. The minimum Gasteiger partial charge on any atom is -0.374 e. The molecule has 3 aliphatic rings. The molecule has 1 saturated carbocycles. The Morgan fingerprint density at radius 2 is 2.04 bits per heavy atom. The molecule has 0 radical (unpaired) electrons. The molecule has 2 aliphatic heterocycles. The van der Waals surface area contributed by atoms with Crippen molar-refractivity contribution in [3.05, 3.63) is 35.4 Å². The van der Waals surface area contributed by atoms with E-state index >= 15 is 0 Å². The smallest absolute Gasteiger partial charge is 0.150 e. The summed E-state index contributed by atoms with van der Waals surface area (Å²) in [5, 5.41) is 14.4. The number of piperidine rings is 1. The van der Waals surface area contributed by atoms with E-state index in [1.807, 2.05) is 12.1 Å². The third kappa shape index (κ3) is 3.05. The summed E-state index contributed by atoms with van der Waals surface area (Å²) in [6.45, 7) is 4.80. The van der Waals surface area contributed by atoms with Gasteiger partial charge < -0.3 is 10.4 Å². The van der Waals surface area contributed by atoms with E-state index in [9.17, 15) is 9.90 Å². The summed E-state index contributed by atoms with van der Waals surface area (Å²) in [7, 11) is 0. The van der Waals surface area contributed by atoms with Crippen molar-refractivity contribution >= 4 is 6.29 Å². The lowest BCUT2D eigenvalue weighted by atomic mass is 9.77. The lowest BCUT2D eigenvalue weighted by Gasteiger charge is -2.32. The van der Waals surface area contributed by atoms with Crippen molar-refractivity contribution in [2.45, 2.75) is 56.7 Å². The van der Waals surface area contributed by atoms with E-state index in [0.29, 0.717) is 23.8 Å². The number of carbonyl (C=O) groups is 1. The average Bonchev–Trinajstić information content (AvgIpc) is 2.98. The summed E-state index contributed by atoms with van der Waals surface area (Å²) >= 11 is 0. The molecule has 4 heteroatoms. The fourth-order valence-electron chi connectivity index (χ4n) is 5.42. The van der Waals surface area contributed by atoms with Crippen molar-refractivity contribution in [1.29, 1.82) is 0 Å². The van der Waals surface area contributed by atoms with Crippen LogP contribution in [0.3, 0.4) is 0 Å². The quantitative estimate of drug-likeness (QED) is 0.591. The number of aldehydes is 1. The molecule has 25 heavy (non-hydrogen) atoms. The van der Waals surface area contributed by atoms with E-state index < -0.39 is 5.72 Å². The molecule has 136 valence electrons. The van der Waals surface area contributed by atoms with E-state index in [4.69, 9.17) is 0 Å². The van der Waals surface area contributed by atoms with Crippen molar-refractivity contribution in [2.75, 3.05) is 19.6 Å². The molecule has 1 aromatic carbocycles. The molecule has 0 aromatic heterocycles. The highest BCUT2D eigenvalue weighted by molar-refractivity contribution is 5.74. The molecular weight excluding hydrogens is 312 g/mol. The second kappa shape index (κ2) is 6.82. The summed E-state index contributed by atoms with van der Waals surface area (Å²) < 4.78 is 0. The fourth-order valence-corrected chi connectivity index (χ4v) is 5.42. The first-order valence-electron chi connectivity index (χ1n) is 9.92. The standard InChI is InChI=1S/C21H30N2O2/c1-2-22-12-18-11-19(23-14-21(18,23)25)20(16-5-3-4-6-16)17-9-7-15(13-24)8-10-17/h7-10,13,16,18-20,22,25H,2-6,11-12,14H2,1H3/t18-,19+,20+,21-,23?/m0/s1. The first-order chi connectivity index (χ1) is 12.2. The van der Waals surface area contributed by atoms with Crippen LogP contribution in [0.15, 0.2) is 24.3 Å². The molecule has 1 unspecified atom stereocenters. The Morgan fingerprint density at radius 1 is 1.32 bits per heavy atom. The Kier molecular flexibility index (Phi) is 4.69. The maximum absolute atomic E-state index is 11.0. The Bertz CT molecular complexity index is 611. The highest BCUT2D eigenvalue weighted by atomic mass is 16.3. The minimum absolute atomic E-state index is 0.329. The van der Waals surface area contributed by atoms with Crippen molar-refractivity contribution in [2.24, 2.45) is 11.8 Å². The SMILES string of the molecule is CCNC[C@@H]1C[C@H]([C@@H](c2ccc(C=O)cc2)C2CCCC2)N2C[C@]12O. The second-order valence-corrected chi connectivity index (χ2v) is 8.17. The van der Waals surface area contributed by atoms with Gasteiger partial charge in [0, 0.05) is 36.5 Å². The van der Waals surface area contributed by atoms with Crippen LogP contribution in [-0.2, 0) is 0 Å². The zero-order chi connectivity index (χ0) is 17.4. The van der Waals surface area contributed by atoms with Crippen LogP contribution in [0, 0.1) is 11.8 Å². The monoisotopic (exact) mass is 342 g/mol. The Labute approximate surface area is 150 Å². The van der Waals surface area contributed by atoms with Gasteiger partial charge in [0.2, 0.25) is 0 Å². The van der Waals surface area contributed by atoms with Gasteiger partial charge in [-0.1, -0.05) is 44.0 Å². The van der Waals surface area contributed by atoms with Crippen LogP contribution in [0.25, 0.3) is 0 Å². The molecule has 2 saturated heterocycles. The normalized spacial score (nSPS) is 35.5. The van der Waals surface area contributed by atoms with Gasteiger partial charge in [-0.3, -0.25) is 9.69 Å². The lowest BCUT2D eigenvalue weighted by molar-refractivity contribution is 0.0608. The molecule has 2 heterocycles. The van der Waals surface area contributed by atoms with E-state index in [2.05, 4.69) is 29.3 Å². The number of benzene rings is 1. The molecule has 4 nitrogen and oxygen atoms in total. The van der Waals surface area contributed by atoms with Crippen LogP contribution in [0.2, 0.25) is 0 Å². The summed E-state index contributed by atoms with van der Waals surface area (Å²) in [6, 6.07) is 8.62. The molecule has 2 N–H and O–H groups in total. The van der Waals surface area contributed by atoms with E-state index in [1.54, 1.807) is 0 Å². The number of nitrogens with zero attached hydrogens (tertiary/aromatic N) is 1. The van der Waals surface area contributed by atoms with Gasteiger partial charge in [0.15, 0.2) is 0 Å². The van der Waals surface area contributed by atoms with Gasteiger partial charge in [-0.05, 0) is 37.3 Å². The summed E-state index contributed by atoms with van der Waals surface area (Å²) in [4.78, 5) is 13.3. The topological polar surface area (TPSA) is 52.3 Å². The van der Waals surface area contributed by atoms with Crippen molar-refractivity contribution in [1.82, 2.24) is 10.2 Å². The number of fused-ring (bicyclic) bond motifs is 1. The van der Waals surface area contributed by atoms with Crippen LogP contribution in [0.5, 0.6) is 0 Å². The average molecular weight is 342 g/mol. The first-order valence-corrected chi connectivity index (χ1v) is 9.92. The second-order valence-electron chi connectivity index (χ2n) is 8.17. The van der Waals surface area contributed by atoms with Crippen molar-refractivity contribution < 1.29 is 9.90 Å². The van der Waals surface area contributed by atoms with Crippen LogP contribution in [0.4, 0.5) is 0 Å². The first kappa shape index (κ1) is 17.2. The van der Waals surface area contributed by atoms with E-state index in [-0.39, 0.29) is 0 Å². The van der Waals surface area contributed by atoms with Crippen LogP contribution in [0.1, 0.15) is 60.9 Å². The molecule has 4 rings (SSSR count). The van der Waals surface area contributed by atoms with Gasteiger partial charge in [-0.25, -0.2) is 0 Å². The number of hydrogen-bond acceptors (Lipinski definition) is 4. The highest BCUT2D eigenvalue weighted by Gasteiger charge is 2.66. The summed E-state index contributed by atoms with van der Waals surface area (Å²) in [5.41, 5.74) is 1.52. The predicted molar refractivity (Wildman–Crippen MR) is 98.6 cm³/mol. The fraction of sp³-hybridized carbons (Fsp3) is 0.667. The zero-order valence-corrected chi connectivity index (χ0v) is 15.2. The van der Waals surface area contributed by atoms with Gasteiger partial charge in [0.1, 0.15) is 12.0 Å². The van der Waals surface area contributed by atoms with Crippen molar-refractivity contribution in [3.63, 3.8) is 0 Å². The van der Waals surface area contributed by atoms with E-state index in [1.165, 1.54) is 31.2 Å². The molecule has 1 aromatic rings. The minimum atomic E-state index is -0.577. The molecule has 5 atom stereocenters. The Balaban J connectivity index is 1.59. The van der Waals surface area contributed by atoms with Crippen LogP contribution >= 0.6 is 0 Å². The van der Waals surface area contributed by atoms with Gasteiger partial charge in [0.05, 0.1) is 0 Å². The number of nitrogens with one attached hydrogen (secondary N) is 1. The zero-order valence-electron chi connectivity index (χ0n) is 15.2. The number of aliphatic hydroxyl groups is 1. The molecule has 0 bridgehead atoms. The van der Waals surface area contributed by atoms with Crippen LogP contribution < -0.4 is 5.32 Å². The molecule has 0 spiro atoms. The Morgan fingerprint density at radius 3 is 2.68 bits per heavy atom. The van der Waals surface area contributed by atoms with Gasteiger partial charge in [0.25, 0.3) is 0 Å². The van der Waals surface area contributed by atoms with Gasteiger partial charge >= 0.3 is 0 Å². The van der Waals surface area contributed by atoms with Crippen molar-refractivity contribution in [3.8, 4) is 0 Å². The Hall–Kier alpha value is -1.23. The lowest BCUT2D eigenvalue weighted by Crippen LogP contribution is -2.32. The van der Waals surface area contributed by atoms with Crippen LogP contribution in [-0.4, -0.2) is 47.7 Å². The highest BCUT2D eigenvalue weighted by Crippen LogP contribution is 2.55. The summed E-state index contributed by atoms with van der Waals surface area (Å²) in [6.07, 6.45) is 7.22. The number of rotatable bonds is 7. The molecule has 0 amide bonds. The summed E-state index contributed by atoms with van der Waals surface area (Å²) in [5.74, 6) is 1.51. The maximum atomic E-state index is 11.0. The third-order valence-electron chi connectivity index (χ3n) is 6.80. The molecule has 3 fully saturated rings. The predicted octanol–water partition coefficient (Wildman–Crippen LogP) is 2.78. The number of carbonyl (C=O) groups excluding carboxylic acids is 1. The molecule has 1 aliphatic carbocycles. The van der Waals surface area contributed by atoms with Gasteiger partial charge in [-0.2, -0.15) is 0 Å². The van der Waals surface area contributed by atoms with E-state index in [0.717, 1.165) is 37.9 Å². The molecular formula is C21H30N2O2.